The smallest absolute Gasteiger partial charge is 0.173 e. The van der Waals surface area contributed by atoms with Gasteiger partial charge in [-0.1, -0.05) is 18.5 Å². The highest BCUT2D eigenvalue weighted by Gasteiger charge is 2.14. The predicted octanol–water partition coefficient (Wildman–Crippen LogP) is 1.99. The van der Waals surface area contributed by atoms with Gasteiger partial charge in [-0.15, -0.1) is 5.10 Å². The number of rotatable bonds is 4. The van der Waals surface area contributed by atoms with Crippen molar-refractivity contribution in [3.05, 3.63) is 35.1 Å². The molecule has 1 aromatic heterocycles. The number of nitrogens with one attached hydrogen (secondary N) is 1. The summed E-state index contributed by atoms with van der Waals surface area (Å²) in [4.78, 5) is 0. The molecule has 0 amide bonds. The normalized spacial score (nSPS) is 12.6. The van der Waals surface area contributed by atoms with Crippen molar-refractivity contribution < 1.29 is 0 Å². The highest BCUT2D eigenvalue weighted by Crippen LogP contribution is 2.16. The van der Waals surface area contributed by atoms with Gasteiger partial charge in [-0.2, -0.15) is 4.68 Å². The molecule has 1 N–H and O–H groups in total. The maximum absolute atomic E-state index is 5.85. The first-order chi connectivity index (χ1) is 8.22. The van der Waals surface area contributed by atoms with Crippen LogP contribution in [0.4, 0.5) is 0 Å². The van der Waals surface area contributed by atoms with Crippen molar-refractivity contribution in [2.75, 3.05) is 6.54 Å². The summed E-state index contributed by atoms with van der Waals surface area (Å²) in [5, 5.41) is 15.7. The van der Waals surface area contributed by atoms with Crippen LogP contribution in [-0.2, 0) is 0 Å². The van der Waals surface area contributed by atoms with E-state index in [-0.39, 0.29) is 6.04 Å². The molecule has 1 atom stereocenters. The van der Waals surface area contributed by atoms with Crippen LogP contribution in [0.2, 0.25) is 5.02 Å². The van der Waals surface area contributed by atoms with Crippen LogP contribution in [0.3, 0.4) is 0 Å². The fourth-order valence-electron chi connectivity index (χ4n) is 1.63. The number of hydrogen-bond donors (Lipinski definition) is 1. The van der Waals surface area contributed by atoms with Gasteiger partial charge in [0.05, 0.1) is 11.7 Å². The van der Waals surface area contributed by atoms with Crippen LogP contribution in [0, 0.1) is 0 Å². The lowest BCUT2D eigenvalue weighted by molar-refractivity contribution is 0.550. The second-order valence-corrected chi connectivity index (χ2v) is 4.14. The van der Waals surface area contributed by atoms with Gasteiger partial charge in [-0.25, -0.2) is 0 Å². The van der Waals surface area contributed by atoms with E-state index in [0.717, 1.165) is 18.1 Å². The van der Waals surface area contributed by atoms with Gasteiger partial charge in [0.15, 0.2) is 5.82 Å². The quantitative estimate of drug-likeness (QED) is 0.903. The maximum atomic E-state index is 5.85. The SMILES string of the molecule is CCNC(C)c1nnnn1-c1ccc(Cl)cc1. The monoisotopic (exact) mass is 251 g/mol. The molecule has 0 aliphatic rings. The molecule has 0 spiro atoms. The van der Waals surface area contributed by atoms with Gasteiger partial charge in [0.2, 0.25) is 0 Å². The highest BCUT2D eigenvalue weighted by atomic mass is 35.5. The molecule has 1 heterocycles. The fourth-order valence-corrected chi connectivity index (χ4v) is 1.75. The summed E-state index contributed by atoms with van der Waals surface area (Å²) in [7, 11) is 0. The Labute approximate surface area is 105 Å². The van der Waals surface area contributed by atoms with E-state index in [2.05, 4.69) is 20.8 Å². The van der Waals surface area contributed by atoms with Gasteiger partial charge in [0.1, 0.15) is 0 Å². The Kier molecular flexibility index (Phi) is 3.71. The fraction of sp³-hybridized carbons (Fsp3) is 0.364. The zero-order valence-corrected chi connectivity index (χ0v) is 10.5. The number of tetrazole rings is 1. The average molecular weight is 252 g/mol. The van der Waals surface area contributed by atoms with Gasteiger partial charge in [0, 0.05) is 5.02 Å². The van der Waals surface area contributed by atoms with E-state index < -0.39 is 0 Å². The van der Waals surface area contributed by atoms with E-state index in [1.54, 1.807) is 4.68 Å². The van der Waals surface area contributed by atoms with Crippen molar-refractivity contribution in [1.29, 1.82) is 0 Å². The zero-order chi connectivity index (χ0) is 12.3. The zero-order valence-electron chi connectivity index (χ0n) is 9.76. The third-order valence-electron chi connectivity index (χ3n) is 2.46. The van der Waals surface area contributed by atoms with E-state index in [1.165, 1.54) is 0 Å². The number of halogens is 1. The van der Waals surface area contributed by atoms with E-state index >= 15 is 0 Å². The molecule has 0 aliphatic heterocycles. The van der Waals surface area contributed by atoms with Crippen LogP contribution >= 0.6 is 11.6 Å². The van der Waals surface area contributed by atoms with Gasteiger partial charge in [0.25, 0.3) is 0 Å². The molecular weight excluding hydrogens is 238 g/mol. The first kappa shape index (κ1) is 12.0. The van der Waals surface area contributed by atoms with Crippen LogP contribution in [0.15, 0.2) is 24.3 Å². The first-order valence-electron chi connectivity index (χ1n) is 5.50. The van der Waals surface area contributed by atoms with Crippen LogP contribution in [0.1, 0.15) is 25.7 Å². The summed E-state index contributed by atoms with van der Waals surface area (Å²) in [6.07, 6.45) is 0. The third kappa shape index (κ3) is 2.62. The Balaban J connectivity index is 2.33. The Bertz CT molecular complexity index is 479. The molecule has 0 fully saturated rings. The molecule has 0 aliphatic carbocycles. The van der Waals surface area contributed by atoms with Crippen molar-refractivity contribution in [1.82, 2.24) is 25.5 Å². The van der Waals surface area contributed by atoms with Crippen molar-refractivity contribution in [3.63, 3.8) is 0 Å². The molecule has 0 saturated carbocycles. The number of nitrogens with zero attached hydrogens (tertiary/aromatic N) is 4. The van der Waals surface area contributed by atoms with Crippen molar-refractivity contribution in [2.24, 2.45) is 0 Å². The summed E-state index contributed by atoms with van der Waals surface area (Å²) in [6, 6.07) is 7.52. The van der Waals surface area contributed by atoms with Crippen molar-refractivity contribution in [2.45, 2.75) is 19.9 Å². The molecule has 90 valence electrons. The summed E-state index contributed by atoms with van der Waals surface area (Å²) in [5.74, 6) is 0.786. The first-order valence-corrected chi connectivity index (χ1v) is 5.87. The standard InChI is InChI=1S/C11H14ClN5/c1-3-13-8(2)11-14-15-16-17(11)10-6-4-9(12)5-7-10/h4-8,13H,3H2,1-2H3. The largest absolute Gasteiger partial charge is 0.308 e. The molecular formula is C11H14ClN5. The average Bonchev–Trinajstić information content (AvgIpc) is 2.79. The Morgan fingerprint density at radius 2 is 2.06 bits per heavy atom. The highest BCUT2D eigenvalue weighted by molar-refractivity contribution is 6.30. The van der Waals surface area contributed by atoms with E-state index in [0.29, 0.717) is 5.02 Å². The molecule has 5 nitrogen and oxygen atoms in total. The lowest BCUT2D eigenvalue weighted by Crippen LogP contribution is -2.21. The summed E-state index contributed by atoms with van der Waals surface area (Å²) in [6.45, 7) is 4.95. The minimum atomic E-state index is 0.102. The van der Waals surface area contributed by atoms with E-state index in [9.17, 15) is 0 Å². The second-order valence-electron chi connectivity index (χ2n) is 3.70. The predicted molar refractivity (Wildman–Crippen MR) is 66.3 cm³/mol. The number of aromatic nitrogens is 4. The lowest BCUT2D eigenvalue weighted by Gasteiger charge is -2.11. The van der Waals surface area contributed by atoms with Crippen molar-refractivity contribution in [3.8, 4) is 5.69 Å². The summed E-state index contributed by atoms with van der Waals surface area (Å²) < 4.78 is 1.71. The van der Waals surface area contributed by atoms with E-state index in [1.807, 2.05) is 38.1 Å². The van der Waals surface area contributed by atoms with Gasteiger partial charge >= 0.3 is 0 Å². The Morgan fingerprint density at radius 3 is 2.71 bits per heavy atom. The molecule has 6 heteroatoms. The van der Waals surface area contributed by atoms with Gasteiger partial charge in [-0.05, 0) is 48.2 Å². The number of hydrogen-bond acceptors (Lipinski definition) is 4. The minimum absolute atomic E-state index is 0.102. The van der Waals surface area contributed by atoms with Crippen LogP contribution < -0.4 is 5.32 Å². The molecule has 0 bridgehead atoms. The molecule has 2 rings (SSSR count). The molecule has 17 heavy (non-hydrogen) atoms. The molecule has 1 unspecified atom stereocenters. The second kappa shape index (κ2) is 5.25. The molecule has 1 aromatic carbocycles. The Morgan fingerprint density at radius 1 is 1.35 bits per heavy atom. The Hall–Kier alpha value is -1.46. The molecule has 0 saturated heterocycles. The topological polar surface area (TPSA) is 55.6 Å². The lowest BCUT2D eigenvalue weighted by atomic mass is 10.3. The van der Waals surface area contributed by atoms with Crippen LogP contribution in [0.5, 0.6) is 0 Å². The van der Waals surface area contributed by atoms with Crippen molar-refractivity contribution >= 4 is 11.6 Å². The molecule has 2 aromatic rings. The summed E-state index contributed by atoms with van der Waals surface area (Å²) >= 11 is 5.85. The number of benzene rings is 1. The van der Waals surface area contributed by atoms with Crippen LogP contribution in [-0.4, -0.2) is 26.8 Å². The van der Waals surface area contributed by atoms with E-state index in [4.69, 9.17) is 11.6 Å². The maximum Gasteiger partial charge on any atom is 0.173 e. The van der Waals surface area contributed by atoms with Gasteiger partial charge in [-0.3, -0.25) is 0 Å². The third-order valence-corrected chi connectivity index (χ3v) is 2.71. The minimum Gasteiger partial charge on any atom is -0.308 e. The molecule has 0 radical (unpaired) electrons. The summed E-state index contributed by atoms with van der Waals surface area (Å²) in [5.41, 5.74) is 0.902. The van der Waals surface area contributed by atoms with Crippen LogP contribution in [0.25, 0.3) is 5.69 Å². The van der Waals surface area contributed by atoms with Gasteiger partial charge < -0.3 is 5.32 Å².